The summed E-state index contributed by atoms with van der Waals surface area (Å²) in [5.74, 6) is 0. The van der Waals surface area contributed by atoms with Gasteiger partial charge < -0.3 is 29.2 Å². The quantitative estimate of drug-likeness (QED) is 0.237. The van der Waals surface area contributed by atoms with Crippen molar-refractivity contribution in [2.75, 3.05) is 0 Å². The van der Waals surface area contributed by atoms with Crippen LogP contribution in [0.1, 0.15) is 11.1 Å². The monoisotopic (exact) mass is 506 g/mol. The number of hydrogen-bond donors (Lipinski definition) is 4. The topological polar surface area (TPSA) is 142 Å². The molecule has 0 amide bonds. The Morgan fingerprint density at radius 3 is 1.76 bits per heavy atom. The van der Waals surface area contributed by atoms with Gasteiger partial charge in [-0.15, -0.1) is 0 Å². The first-order chi connectivity index (χ1) is 18.5. The summed E-state index contributed by atoms with van der Waals surface area (Å²) in [5, 5.41) is 36.2. The first-order valence-electron chi connectivity index (χ1n) is 11.9. The Kier molecular flexibility index (Phi) is 7.57. The highest BCUT2D eigenvalue weighted by Crippen LogP contribution is 2.12. The molecule has 0 aliphatic carbocycles. The number of rotatable bonds is 6. The maximum atomic E-state index is 9.04. The third-order valence-electron chi connectivity index (χ3n) is 6.03. The Labute approximate surface area is 218 Å². The van der Waals surface area contributed by atoms with Crippen LogP contribution in [0.2, 0.25) is 0 Å². The van der Waals surface area contributed by atoms with E-state index in [9.17, 15) is 0 Å². The van der Waals surface area contributed by atoms with E-state index in [0.29, 0.717) is 24.0 Å². The predicted molar refractivity (Wildman–Crippen MR) is 146 cm³/mol. The second-order valence-electron chi connectivity index (χ2n) is 8.67. The molecule has 188 valence electrons. The molecule has 4 aromatic heterocycles. The van der Waals surface area contributed by atoms with Crippen molar-refractivity contribution in [2.24, 2.45) is 0 Å². The molecule has 0 bridgehead atoms. The van der Waals surface area contributed by atoms with E-state index in [1.54, 1.807) is 49.3 Å². The van der Waals surface area contributed by atoms with Crippen LogP contribution in [0.5, 0.6) is 0 Å². The molecule has 6 rings (SSSR count). The molecule has 0 fully saturated rings. The Hall–Kier alpha value is -4.35. The van der Waals surface area contributed by atoms with Crippen LogP contribution in [0, 0.1) is 0 Å². The Balaban J connectivity index is 0.000000155. The molecule has 0 saturated carbocycles. The summed E-state index contributed by atoms with van der Waals surface area (Å²) in [7, 11) is -2.85. The lowest BCUT2D eigenvalue weighted by Gasteiger charge is -2.05. The molecule has 0 unspecified atom stereocenters. The third kappa shape index (κ3) is 5.79. The van der Waals surface area contributed by atoms with Crippen LogP contribution in [0.4, 0.5) is 0 Å². The number of pyridine rings is 2. The van der Waals surface area contributed by atoms with Gasteiger partial charge in [-0.25, -0.2) is 19.9 Å². The SMILES string of the molecule is OB(O)c1ccc(Cn2cnc3cccnc32)cc1.OB(O)c1ccc(Cn2cnc3ncccc32)cc1. The molecule has 38 heavy (non-hydrogen) atoms. The van der Waals surface area contributed by atoms with Gasteiger partial charge in [0, 0.05) is 18.9 Å². The molecule has 2 aromatic carbocycles. The van der Waals surface area contributed by atoms with E-state index in [-0.39, 0.29) is 0 Å². The van der Waals surface area contributed by atoms with Crippen molar-refractivity contribution in [1.82, 2.24) is 29.1 Å². The van der Waals surface area contributed by atoms with Crippen molar-refractivity contribution in [1.29, 1.82) is 0 Å². The van der Waals surface area contributed by atoms with Crippen molar-refractivity contribution in [3.63, 3.8) is 0 Å². The minimum Gasteiger partial charge on any atom is -0.423 e. The van der Waals surface area contributed by atoms with Crippen molar-refractivity contribution >= 4 is 47.5 Å². The molecule has 0 saturated heterocycles. The zero-order valence-electron chi connectivity index (χ0n) is 20.3. The molecule has 10 nitrogen and oxygen atoms in total. The number of imidazole rings is 2. The third-order valence-corrected chi connectivity index (χ3v) is 6.03. The highest BCUT2D eigenvalue weighted by Gasteiger charge is 2.11. The normalized spacial score (nSPS) is 10.8. The molecule has 0 radical (unpaired) electrons. The molecule has 4 N–H and O–H groups in total. The number of fused-ring (bicyclic) bond motifs is 2. The Morgan fingerprint density at radius 1 is 0.579 bits per heavy atom. The fourth-order valence-electron chi connectivity index (χ4n) is 4.02. The van der Waals surface area contributed by atoms with Gasteiger partial charge in [0.2, 0.25) is 0 Å². The fourth-order valence-corrected chi connectivity index (χ4v) is 4.02. The molecule has 0 spiro atoms. The van der Waals surface area contributed by atoms with Crippen molar-refractivity contribution in [3.05, 3.63) is 109 Å². The first kappa shape index (κ1) is 25.3. The summed E-state index contributed by atoms with van der Waals surface area (Å²) in [4.78, 5) is 17.0. The smallest absolute Gasteiger partial charge is 0.423 e. The van der Waals surface area contributed by atoms with E-state index in [4.69, 9.17) is 20.1 Å². The fraction of sp³-hybridized carbons (Fsp3) is 0.0769. The van der Waals surface area contributed by atoms with Crippen LogP contribution in [0.15, 0.2) is 97.8 Å². The second kappa shape index (κ2) is 11.4. The van der Waals surface area contributed by atoms with Gasteiger partial charge in [-0.3, -0.25) is 0 Å². The molecule has 0 aliphatic rings. The summed E-state index contributed by atoms with van der Waals surface area (Å²) >= 11 is 0. The van der Waals surface area contributed by atoms with Gasteiger partial charge >= 0.3 is 14.2 Å². The summed E-state index contributed by atoms with van der Waals surface area (Å²) in [6, 6.07) is 21.9. The Bertz CT molecular complexity index is 1510. The molecule has 0 atom stereocenters. The number of nitrogens with zero attached hydrogens (tertiary/aromatic N) is 6. The second-order valence-corrected chi connectivity index (χ2v) is 8.67. The lowest BCUT2D eigenvalue weighted by molar-refractivity contribution is 0.424. The van der Waals surface area contributed by atoms with Gasteiger partial charge in [0.05, 0.1) is 24.7 Å². The predicted octanol–water partition coefficient (Wildman–Crippen LogP) is 0.319. The lowest BCUT2D eigenvalue weighted by Crippen LogP contribution is -2.29. The van der Waals surface area contributed by atoms with E-state index >= 15 is 0 Å². The van der Waals surface area contributed by atoms with Crippen molar-refractivity contribution in [3.8, 4) is 0 Å². The van der Waals surface area contributed by atoms with Gasteiger partial charge in [-0.2, -0.15) is 0 Å². The molecule has 6 aromatic rings. The van der Waals surface area contributed by atoms with Gasteiger partial charge in [0.1, 0.15) is 5.52 Å². The average Bonchev–Trinajstić information content (AvgIpc) is 3.54. The van der Waals surface area contributed by atoms with E-state index in [1.807, 2.05) is 57.7 Å². The van der Waals surface area contributed by atoms with Crippen LogP contribution >= 0.6 is 0 Å². The zero-order valence-corrected chi connectivity index (χ0v) is 20.3. The minimum atomic E-state index is -1.43. The van der Waals surface area contributed by atoms with Crippen molar-refractivity contribution < 1.29 is 20.1 Å². The number of aromatic nitrogens is 6. The summed E-state index contributed by atoms with van der Waals surface area (Å²) in [6.45, 7) is 1.32. The molecular formula is C26H24B2N6O4. The Morgan fingerprint density at radius 2 is 1.13 bits per heavy atom. The van der Waals surface area contributed by atoms with Gasteiger partial charge in [-0.1, -0.05) is 48.5 Å². The van der Waals surface area contributed by atoms with Crippen LogP contribution in [-0.4, -0.2) is 63.4 Å². The van der Waals surface area contributed by atoms with Crippen LogP contribution in [0.25, 0.3) is 22.3 Å². The number of hydrogen-bond acceptors (Lipinski definition) is 8. The minimum absolute atomic E-state index is 0.484. The van der Waals surface area contributed by atoms with Crippen LogP contribution in [0.3, 0.4) is 0 Å². The number of benzene rings is 2. The summed E-state index contributed by atoms with van der Waals surface area (Å²) < 4.78 is 3.96. The van der Waals surface area contributed by atoms with E-state index in [2.05, 4.69) is 19.9 Å². The zero-order chi connectivity index (χ0) is 26.5. The highest BCUT2D eigenvalue weighted by molar-refractivity contribution is 6.58. The molecule has 0 aliphatic heterocycles. The largest absolute Gasteiger partial charge is 0.488 e. The van der Waals surface area contributed by atoms with E-state index in [0.717, 1.165) is 33.5 Å². The molecule has 12 heteroatoms. The average molecular weight is 506 g/mol. The van der Waals surface area contributed by atoms with E-state index in [1.165, 1.54) is 0 Å². The van der Waals surface area contributed by atoms with Gasteiger partial charge in [0.15, 0.2) is 11.3 Å². The maximum Gasteiger partial charge on any atom is 0.488 e. The van der Waals surface area contributed by atoms with Gasteiger partial charge in [0.25, 0.3) is 0 Å². The van der Waals surface area contributed by atoms with E-state index < -0.39 is 14.2 Å². The summed E-state index contributed by atoms with van der Waals surface area (Å²) in [6.07, 6.45) is 6.97. The van der Waals surface area contributed by atoms with Crippen LogP contribution < -0.4 is 10.9 Å². The van der Waals surface area contributed by atoms with Gasteiger partial charge in [-0.05, 0) is 46.3 Å². The lowest BCUT2D eigenvalue weighted by atomic mass is 9.80. The highest BCUT2D eigenvalue weighted by atomic mass is 16.4. The van der Waals surface area contributed by atoms with Crippen LogP contribution in [-0.2, 0) is 13.1 Å². The van der Waals surface area contributed by atoms with Crippen molar-refractivity contribution in [2.45, 2.75) is 13.1 Å². The standard InChI is InChI=1S/2C13H12BN3O2/c18-14(19)11-5-3-10(4-6-11)8-17-9-16-13-12(17)2-1-7-15-13;18-14(19)11-5-3-10(4-6-11)8-17-9-16-12-2-1-7-15-13(12)17/h2*1-7,9,18-19H,8H2. The summed E-state index contributed by atoms with van der Waals surface area (Å²) in [5.41, 5.74) is 6.50. The first-order valence-corrected chi connectivity index (χ1v) is 11.9. The molecule has 4 heterocycles. The molecular weight excluding hydrogens is 482 g/mol. The maximum absolute atomic E-state index is 9.04.